The van der Waals surface area contributed by atoms with Crippen LogP contribution >= 0.6 is 23.5 Å². The Labute approximate surface area is 122 Å². The van der Waals surface area contributed by atoms with Gasteiger partial charge in [0, 0.05) is 24.7 Å². The maximum Gasteiger partial charge on any atom is 0.191 e. The van der Waals surface area contributed by atoms with Gasteiger partial charge in [0.15, 0.2) is 5.16 Å². The highest BCUT2D eigenvalue weighted by Gasteiger charge is 2.41. The predicted molar refractivity (Wildman–Crippen MR) is 78.4 cm³/mol. The van der Waals surface area contributed by atoms with Gasteiger partial charge in [0.2, 0.25) is 0 Å². The van der Waals surface area contributed by atoms with E-state index in [1.807, 2.05) is 35.1 Å². The Hall–Kier alpha value is -0.240. The third kappa shape index (κ3) is 2.79. The number of nitrogens with two attached hydrogens (primary N) is 1. The molecule has 0 aliphatic carbocycles. The van der Waals surface area contributed by atoms with E-state index in [0.29, 0.717) is 11.8 Å². The van der Waals surface area contributed by atoms with Crippen molar-refractivity contribution in [2.45, 2.75) is 41.8 Å². The van der Waals surface area contributed by atoms with Gasteiger partial charge in [-0.1, -0.05) is 11.8 Å². The first-order chi connectivity index (χ1) is 9.22. The largest absolute Gasteiger partial charge is 0.374 e. The molecule has 2 atom stereocenters. The molecule has 0 bridgehead atoms. The van der Waals surface area contributed by atoms with Crippen molar-refractivity contribution < 1.29 is 4.74 Å². The fourth-order valence-electron chi connectivity index (χ4n) is 2.72. The van der Waals surface area contributed by atoms with E-state index in [1.165, 1.54) is 12.2 Å². The summed E-state index contributed by atoms with van der Waals surface area (Å²) in [6.07, 6.45) is 3.43. The van der Waals surface area contributed by atoms with Crippen LogP contribution in [0.5, 0.6) is 0 Å². The molecule has 1 aromatic heterocycles. The standard InChI is InChI=1S/C12H20N4OS2/c1-16-10(7-13)14-15-11(16)19-9-2-4-17-12(6-9)3-5-18-8-12/h9H,2-8,13H2,1H3. The summed E-state index contributed by atoms with van der Waals surface area (Å²) < 4.78 is 8.06. The molecule has 2 unspecified atom stereocenters. The normalized spacial score (nSPS) is 31.2. The maximum absolute atomic E-state index is 6.05. The number of thioether (sulfide) groups is 2. The van der Waals surface area contributed by atoms with E-state index >= 15 is 0 Å². The second-order valence-corrected chi connectivity index (χ2v) is 7.60. The highest BCUT2D eigenvalue weighted by molar-refractivity contribution is 8.00. The maximum atomic E-state index is 6.05. The monoisotopic (exact) mass is 300 g/mol. The molecule has 0 amide bonds. The van der Waals surface area contributed by atoms with Crippen molar-refractivity contribution in [1.82, 2.24) is 14.8 Å². The molecule has 106 valence electrons. The molecule has 0 aromatic carbocycles. The molecule has 0 saturated carbocycles. The number of nitrogens with zero attached hydrogens (tertiary/aromatic N) is 3. The van der Waals surface area contributed by atoms with Crippen LogP contribution in [0.15, 0.2) is 5.16 Å². The lowest BCUT2D eigenvalue weighted by molar-refractivity contribution is -0.0562. The van der Waals surface area contributed by atoms with Crippen LogP contribution in [0.2, 0.25) is 0 Å². The van der Waals surface area contributed by atoms with Crippen LogP contribution in [0, 0.1) is 0 Å². The average Bonchev–Trinajstić information content (AvgIpc) is 2.99. The van der Waals surface area contributed by atoms with E-state index in [0.717, 1.165) is 36.2 Å². The Balaban J connectivity index is 1.67. The molecule has 2 fully saturated rings. The van der Waals surface area contributed by atoms with Crippen LogP contribution in [0.25, 0.3) is 0 Å². The summed E-state index contributed by atoms with van der Waals surface area (Å²) in [5, 5.41) is 9.93. The van der Waals surface area contributed by atoms with Gasteiger partial charge in [0.1, 0.15) is 5.82 Å². The number of hydrogen-bond donors (Lipinski definition) is 1. The lowest BCUT2D eigenvalue weighted by Gasteiger charge is -2.37. The van der Waals surface area contributed by atoms with E-state index in [1.54, 1.807) is 0 Å². The van der Waals surface area contributed by atoms with Crippen LogP contribution in [0.3, 0.4) is 0 Å². The van der Waals surface area contributed by atoms with Crippen LogP contribution < -0.4 is 5.73 Å². The first kappa shape index (κ1) is 13.7. The van der Waals surface area contributed by atoms with Crippen LogP contribution in [-0.4, -0.2) is 43.7 Å². The highest BCUT2D eigenvalue weighted by Crippen LogP contribution is 2.42. The van der Waals surface area contributed by atoms with Gasteiger partial charge in [0.25, 0.3) is 0 Å². The molecular formula is C12H20N4OS2. The van der Waals surface area contributed by atoms with Gasteiger partial charge in [-0.15, -0.1) is 10.2 Å². The van der Waals surface area contributed by atoms with Crippen molar-refractivity contribution in [3.63, 3.8) is 0 Å². The first-order valence-electron chi connectivity index (χ1n) is 6.69. The second-order valence-electron chi connectivity index (χ2n) is 5.23. The van der Waals surface area contributed by atoms with E-state index in [2.05, 4.69) is 10.2 Å². The average molecular weight is 300 g/mol. The fourth-order valence-corrected chi connectivity index (χ4v) is 5.35. The van der Waals surface area contributed by atoms with E-state index in [9.17, 15) is 0 Å². The van der Waals surface area contributed by atoms with Crippen LogP contribution in [-0.2, 0) is 18.3 Å². The topological polar surface area (TPSA) is 66.0 Å². The van der Waals surface area contributed by atoms with Crippen LogP contribution in [0.4, 0.5) is 0 Å². The van der Waals surface area contributed by atoms with Crippen molar-refractivity contribution in [3.8, 4) is 0 Å². The zero-order valence-corrected chi connectivity index (χ0v) is 12.8. The molecule has 2 saturated heterocycles. The van der Waals surface area contributed by atoms with Crippen molar-refractivity contribution in [3.05, 3.63) is 5.82 Å². The molecule has 7 heteroatoms. The summed E-state index contributed by atoms with van der Waals surface area (Å²) in [6.45, 7) is 1.32. The van der Waals surface area contributed by atoms with Crippen molar-refractivity contribution in [2.24, 2.45) is 12.8 Å². The Morgan fingerprint density at radius 2 is 2.47 bits per heavy atom. The predicted octanol–water partition coefficient (Wildman–Crippen LogP) is 1.42. The van der Waals surface area contributed by atoms with E-state index in [-0.39, 0.29) is 5.60 Å². The number of aromatic nitrogens is 3. The Morgan fingerprint density at radius 1 is 1.58 bits per heavy atom. The highest BCUT2D eigenvalue weighted by atomic mass is 32.2. The van der Waals surface area contributed by atoms with Gasteiger partial charge in [-0.05, 0) is 25.0 Å². The van der Waals surface area contributed by atoms with Gasteiger partial charge in [-0.25, -0.2) is 0 Å². The zero-order chi connectivity index (χ0) is 13.3. The molecule has 2 aliphatic rings. The smallest absolute Gasteiger partial charge is 0.191 e. The minimum atomic E-state index is 0.135. The minimum Gasteiger partial charge on any atom is -0.374 e. The molecule has 2 aliphatic heterocycles. The van der Waals surface area contributed by atoms with E-state index < -0.39 is 0 Å². The molecule has 1 aromatic rings. The summed E-state index contributed by atoms with van der Waals surface area (Å²) in [4.78, 5) is 0. The zero-order valence-electron chi connectivity index (χ0n) is 11.2. The van der Waals surface area contributed by atoms with Gasteiger partial charge < -0.3 is 15.0 Å². The Morgan fingerprint density at radius 3 is 3.16 bits per heavy atom. The molecule has 5 nitrogen and oxygen atoms in total. The minimum absolute atomic E-state index is 0.135. The molecular weight excluding hydrogens is 280 g/mol. The molecule has 3 rings (SSSR count). The number of ether oxygens (including phenoxy) is 1. The van der Waals surface area contributed by atoms with E-state index in [4.69, 9.17) is 10.5 Å². The second kappa shape index (κ2) is 5.63. The summed E-state index contributed by atoms with van der Waals surface area (Å²) >= 11 is 3.85. The third-order valence-corrected chi connectivity index (χ3v) is 6.42. The quantitative estimate of drug-likeness (QED) is 0.911. The summed E-state index contributed by atoms with van der Waals surface area (Å²) in [5.74, 6) is 3.23. The Kier molecular flexibility index (Phi) is 4.07. The summed E-state index contributed by atoms with van der Waals surface area (Å²) in [5.41, 5.74) is 5.77. The third-order valence-electron chi connectivity index (χ3n) is 3.89. The summed E-state index contributed by atoms with van der Waals surface area (Å²) in [7, 11) is 1.99. The van der Waals surface area contributed by atoms with Gasteiger partial charge >= 0.3 is 0 Å². The molecule has 0 radical (unpaired) electrons. The molecule has 3 heterocycles. The first-order valence-corrected chi connectivity index (χ1v) is 8.72. The lowest BCUT2D eigenvalue weighted by Crippen LogP contribution is -2.41. The molecule has 1 spiro atoms. The molecule has 2 N–H and O–H groups in total. The van der Waals surface area contributed by atoms with Gasteiger partial charge in [-0.3, -0.25) is 0 Å². The fraction of sp³-hybridized carbons (Fsp3) is 0.833. The van der Waals surface area contributed by atoms with Crippen molar-refractivity contribution >= 4 is 23.5 Å². The number of rotatable bonds is 3. The van der Waals surface area contributed by atoms with Gasteiger partial charge in [0.05, 0.1) is 12.1 Å². The van der Waals surface area contributed by atoms with Crippen molar-refractivity contribution in [1.29, 1.82) is 0 Å². The van der Waals surface area contributed by atoms with Crippen molar-refractivity contribution in [2.75, 3.05) is 18.1 Å². The summed E-state index contributed by atoms with van der Waals surface area (Å²) in [6, 6.07) is 0. The SMILES string of the molecule is Cn1c(CN)nnc1SC1CCOC2(CCSC2)C1. The Bertz CT molecular complexity index is 445. The molecule has 19 heavy (non-hydrogen) atoms. The number of hydrogen-bond acceptors (Lipinski definition) is 6. The lowest BCUT2D eigenvalue weighted by atomic mass is 9.93. The van der Waals surface area contributed by atoms with Gasteiger partial charge in [-0.2, -0.15) is 11.8 Å². The van der Waals surface area contributed by atoms with Crippen LogP contribution in [0.1, 0.15) is 25.1 Å².